The monoisotopic (exact) mass is 392 g/mol. The van der Waals surface area contributed by atoms with Crippen LogP contribution in [0.25, 0.3) is 5.57 Å². The molecule has 0 atom stereocenters. The van der Waals surface area contributed by atoms with Crippen molar-refractivity contribution >= 4 is 11.5 Å². The maximum atomic E-state index is 11.2. The molecule has 154 valence electrons. The van der Waals surface area contributed by atoms with E-state index < -0.39 is 0 Å². The van der Waals surface area contributed by atoms with Crippen LogP contribution in [0.4, 0.5) is 0 Å². The van der Waals surface area contributed by atoms with Crippen LogP contribution in [0.3, 0.4) is 0 Å². The van der Waals surface area contributed by atoms with Gasteiger partial charge in [-0.25, -0.2) is 0 Å². The zero-order valence-electron chi connectivity index (χ0n) is 17.7. The summed E-state index contributed by atoms with van der Waals surface area (Å²) in [5.41, 5.74) is 6.80. The summed E-state index contributed by atoms with van der Waals surface area (Å²) in [5.74, 6) is 0.757. The van der Waals surface area contributed by atoms with Gasteiger partial charge in [-0.2, -0.15) is 0 Å². The van der Waals surface area contributed by atoms with Crippen LogP contribution in [0.5, 0.6) is 5.75 Å². The van der Waals surface area contributed by atoms with Gasteiger partial charge >= 0.3 is 5.97 Å². The van der Waals surface area contributed by atoms with Gasteiger partial charge in [-0.15, -0.1) is 0 Å². The molecule has 1 aliphatic rings. The van der Waals surface area contributed by atoms with E-state index in [9.17, 15) is 4.79 Å². The van der Waals surface area contributed by atoms with E-state index in [2.05, 4.69) is 48.1 Å². The highest BCUT2D eigenvalue weighted by Crippen LogP contribution is 2.32. The quantitative estimate of drug-likeness (QED) is 0.495. The Morgan fingerprint density at radius 1 is 1.00 bits per heavy atom. The fourth-order valence-corrected chi connectivity index (χ4v) is 3.95. The van der Waals surface area contributed by atoms with Gasteiger partial charge in [-0.1, -0.05) is 48.4 Å². The average Bonchev–Trinajstić information content (AvgIpc) is 2.98. The highest BCUT2D eigenvalue weighted by Gasteiger charge is 2.14. The number of hydrogen-bond acceptors (Lipinski definition) is 3. The molecule has 3 nitrogen and oxygen atoms in total. The first-order valence-electron chi connectivity index (χ1n) is 10.7. The first-order valence-corrected chi connectivity index (χ1v) is 10.7. The Balaban J connectivity index is 1.62. The van der Waals surface area contributed by atoms with Gasteiger partial charge in [0.05, 0.1) is 7.11 Å². The Morgan fingerprint density at radius 3 is 2.55 bits per heavy atom. The van der Waals surface area contributed by atoms with E-state index in [1.54, 1.807) is 0 Å². The van der Waals surface area contributed by atoms with Crippen LogP contribution in [-0.4, -0.2) is 19.7 Å². The van der Waals surface area contributed by atoms with Crippen LogP contribution in [0.2, 0.25) is 0 Å². The zero-order chi connectivity index (χ0) is 20.5. The van der Waals surface area contributed by atoms with Gasteiger partial charge in [-0.3, -0.25) is 4.79 Å². The Morgan fingerprint density at radius 2 is 1.79 bits per heavy atom. The number of aryl methyl sites for hydroxylation is 2. The van der Waals surface area contributed by atoms with E-state index in [4.69, 9.17) is 4.74 Å². The van der Waals surface area contributed by atoms with Crippen molar-refractivity contribution in [3.8, 4) is 5.75 Å². The lowest BCUT2D eigenvalue weighted by molar-refractivity contribution is -0.140. The van der Waals surface area contributed by atoms with Crippen molar-refractivity contribution in [3.63, 3.8) is 0 Å². The summed E-state index contributed by atoms with van der Waals surface area (Å²) in [6, 6.07) is 17.1. The SMILES string of the molecule is COC(=O)CCCc1ccc(OCC2=C(c3cccc(C)c3)CCCCC2)cc1. The molecule has 3 rings (SSSR count). The lowest BCUT2D eigenvalue weighted by Gasteiger charge is -2.15. The molecule has 0 spiro atoms. The molecular weight excluding hydrogens is 360 g/mol. The molecule has 0 aromatic heterocycles. The highest BCUT2D eigenvalue weighted by molar-refractivity contribution is 5.70. The number of benzene rings is 2. The molecule has 0 aliphatic heterocycles. The van der Waals surface area contributed by atoms with E-state index in [0.29, 0.717) is 13.0 Å². The Labute approximate surface area is 174 Å². The third-order valence-corrected chi connectivity index (χ3v) is 5.61. The second-order valence-electron chi connectivity index (χ2n) is 7.87. The van der Waals surface area contributed by atoms with Crippen molar-refractivity contribution in [1.29, 1.82) is 0 Å². The smallest absolute Gasteiger partial charge is 0.305 e. The molecule has 2 aromatic rings. The minimum atomic E-state index is -0.147. The molecule has 0 bridgehead atoms. The Kier molecular flexibility index (Phi) is 7.92. The van der Waals surface area contributed by atoms with Crippen molar-refractivity contribution in [2.45, 2.75) is 58.3 Å². The van der Waals surface area contributed by atoms with Crippen LogP contribution >= 0.6 is 0 Å². The standard InChI is InChI=1S/C26H32O3/c1-20-8-6-11-22(18-20)25-12-5-3-4-10-23(25)19-29-24-16-14-21(15-17-24)9-7-13-26(27)28-2/h6,8,11,14-18H,3-5,7,9-10,12-13,19H2,1-2H3. The molecule has 0 amide bonds. The maximum Gasteiger partial charge on any atom is 0.305 e. The number of ether oxygens (including phenoxy) is 2. The Hall–Kier alpha value is -2.55. The van der Waals surface area contributed by atoms with Gasteiger partial charge in [0.1, 0.15) is 12.4 Å². The number of esters is 1. The van der Waals surface area contributed by atoms with E-state index in [1.807, 2.05) is 12.1 Å². The van der Waals surface area contributed by atoms with Gasteiger partial charge in [0, 0.05) is 6.42 Å². The highest BCUT2D eigenvalue weighted by atomic mass is 16.5. The minimum Gasteiger partial charge on any atom is -0.489 e. The van der Waals surface area contributed by atoms with Crippen LogP contribution in [0.15, 0.2) is 54.1 Å². The molecule has 1 aliphatic carbocycles. The first kappa shape index (κ1) is 21.2. The van der Waals surface area contributed by atoms with Crippen molar-refractivity contribution in [3.05, 3.63) is 70.8 Å². The molecule has 0 radical (unpaired) electrons. The number of methoxy groups -OCH3 is 1. The number of carbonyl (C=O) groups is 1. The lowest BCUT2D eigenvalue weighted by Crippen LogP contribution is -2.04. The molecular formula is C26H32O3. The summed E-state index contributed by atoms with van der Waals surface area (Å²) >= 11 is 0. The predicted molar refractivity (Wildman–Crippen MR) is 118 cm³/mol. The summed E-state index contributed by atoms with van der Waals surface area (Å²) in [7, 11) is 1.43. The van der Waals surface area contributed by atoms with Gasteiger partial charge in [0.2, 0.25) is 0 Å². The molecule has 0 heterocycles. The van der Waals surface area contributed by atoms with Crippen molar-refractivity contribution in [2.24, 2.45) is 0 Å². The topological polar surface area (TPSA) is 35.5 Å². The molecule has 0 fully saturated rings. The summed E-state index contributed by atoms with van der Waals surface area (Å²) in [6.07, 6.45) is 8.19. The maximum absolute atomic E-state index is 11.2. The number of rotatable bonds is 8. The summed E-state index contributed by atoms with van der Waals surface area (Å²) in [4.78, 5) is 11.2. The first-order chi connectivity index (χ1) is 14.2. The third-order valence-electron chi connectivity index (χ3n) is 5.61. The fraction of sp³-hybridized carbons (Fsp3) is 0.423. The number of hydrogen-bond donors (Lipinski definition) is 0. The van der Waals surface area contributed by atoms with Crippen LogP contribution in [-0.2, 0) is 16.0 Å². The van der Waals surface area contributed by atoms with Gasteiger partial charge in [0.15, 0.2) is 0 Å². The summed E-state index contributed by atoms with van der Waals surface area (Å²) in [5, 5.41) is 0. The second kappa shape index (κ2) is 10.8. The normalized spacial score (nSPS) is 14.4. The molecule has 3 heteroatoms. The van der Waals surface area contributed by atoms with Crippen LogP contribution in [0, 0.1) is 6.92 Å². The largest absolute Gasteiger partial charge is 0.489 e. The fourth-order valence-electron chi connectivity index (χ4n) is 3.95. The number of allylic oxidation sites excluding steroid dienone is 1. The van der Waals surface area contributed by atoms with Crippen LogP contribution < -0.4 is 4.74 Å². The van der Waals surface area contributed by atoms with Crippen LogP contribution in [0.1, 0.15) is 61.6 Å². The molecule has 0 saturated heterocycles. The lowest BCUT2D eigenvalue weighted by atomic mass is 9.95. The second-order valence-corrected chi connectivity index (χ2v) is 7.87. The van der Waals surface area contributed by atoms with E-state index in [1.165, 1.54) is 54.2 Å². The van der Waals surface area contributed by atoms with Crippen molar-refractivity contribution < 1.29 is 14.3 Å². The van der Waals surface area contributed by atoms with E-state index in [-0.39, 0.29) is 5.97 Å². The zero-order valence-corrected chi connectivity index (χ0v) is 17.7. The summed E-state index contributed by atoms with van der Waals surface area (Å²) < 4.78 is 10.9. The third kappa shape index (κ3) is 6.49. The molecule has 0 unspecified atom stereocenters. The van der Waals surface area contributed by atoms with Crippen molar-refractivity contribution in [1.82, 2.24) is 0 Å². The molecule has 0 N–H and O–H groups in total. The molecule has 29 heavy (non-hydrogen) atoms. The average molecular weight is 393 g/mol. The van der Waals surface area contributed by atoms with E-state index in [0.717, 1.165) is 31.4 Å². The number of carbonyl (C=O) groups excluding carboxylic acids is 1. The minimum absolute atomic E-state index is 0.147. The van der Waals surface area contributed by atoms with Gasteiger partial charge in [-0.05, 0) is 79.9 Å². The molecule has 2 aromatic carbocycles. The van der Waals surface area contributed by atoms with Gasteiger partial charge in [0.25, 0.3) is 0 Å². The van der Waals surface area contributed by atoms with E-state index >= 15 is 0 Å². The Bertz CT molecular complexity index is 833. The van der Waals surface area contributed by atoms with Crippen molar-refractivity contribution in [2.75, 3.05) is 13.7 Å². The van der Waals surface area contributed by atoms with Gasteiger partial charge < -0.3 is 9.47 Å². The predicted octanol–water partition coefficient (Wildman–Crippen LogP) is 6.29. The summed E-state index contributed by atoms with van der Waals surface area (Å²) in [6.45, 7) is 2.81. The molecule has 0 saturated carbocycles.